The minimum absolute atomic E-state index is 0.875. The fourth-order valence-electron chi connectivity index (χ4n) is 2.48. The van der Waals surface area contributed by atoms with Crippen LogP contribution in [-0.4, -0.2) is 11.5 Å². The van der Waals surface area contributed by atoms with Gasteiger partial charge in [-0.25, -0.2) is 0 Å². The number of rotatable bonds is 4. The van der Waals surface area contributed by atoms with Crippen LogP contribution >= 0.6 is 15.9 Å². The summed E-state index contributed by atoms with van der Waals surface area (Å²) in [5.74, 6) is 1.77. The Kier molecular flexibility index (Phi) is 4.36. The molecule has 0 amide bonds. The smallest absolute Gasteiger partial charge is 0.0410 e. The molecule has 1 saturated carbocycles. The summed E-state index contributed by atoms with van der Waals surface area (Å²) in [6.45, 7) is 4.45. The minimum atomic E-state index is 0.875. The van der Waals surface area contributed by atoms with Crippen LogP contribution < -0.4 is 5.32 Å². The van der Waals surface area contributed by atoms with Crippen LogP contribution in [0.2, 0.25) is 0 Å². The van der Waals surface area contributed by atoms with Crippen molar-refractivity contribution in [2.24, 2.45) is 11.8 Å². The summed E-state index contributed by atoms with van der Waals surface area (Å²) in [5, 5.41) is 3.54. The lowest BCUT2D eigenvalue weighted by molar-refractivity contribution is 0.392. The number of aromatic nitrogens is 1. The number of nitrogens with zero attached hydrogens (tertiary/aromatic N) is 1. The van der Waals surface area contributed by atoms with E-state index in [-0.39, 0.29) is 0 Å². The molecule has 0 spiro atoms. The zero-order chi connectivity index (χ0) is 11.4. The number of nitrogens with one attached hydrogen (secondary N) is 1. The molecule has 0 bridgehead atoms. The van der Waals surface area contributed by atoms with Gasteiger partial charge in [0.25, 0.3) is 0 Å². The topological polar surface area (TPSA) is 24.9 Å². The van der Waals surface area contributed by atoms with Crippen molar-refractivity contribution in [2.75, 3.05) is 6.54 Å². The predicted octanol–water partition coefficient (Wildman–Crippen LogP) is 3.37. The lowest BCUT2D eigenvalue weighted by atomic mass is 9.98. The van der Waals surface area contributed by atoms with Crippen LogP contribution in [0.5, 0.6) is 0 Å². The summed E-state index contributed by atoms with van der Waals surface area (Å²) < 4.78 is 1.06. The molecule has 16 heavy (non-hydrogen) atoms. The van der Waals surface area contributed by atoms with Crippen molar-refractivity contribution in [3.63, 3.8) is 0 Å². The highest BCUT2D eigenvalue weighted by atomic mass is 79.9. The molecule has 2 nitrogen and oxygen atoms in total. The van der Waals surface area contributed by atoms with Crippen LogP contribution in [-0.2, 0) is 6.54 Å². The Morgan fingerprint density at radius 3 is 3.00 bits per heavy atom. The Morgan fingerprint density at radius 1 is 1.44 bits per heavy atom. The van der Waals surface area contributed by atoms with Crippen molar-refractivity contribution in [2.45, 2.75) is 32.7 Å². The summed E-state index contributed by atoms with van der Waals surface area (Å²) in [4.78, 5) is 4.16. The van der Waals surface area contributed by atoms with E-state index in [1.165, 1.54) is 24.8 Å². The monoisotopic (exact) mass is 282 g/mol. The molecule has 2 unspecified atom stereocenters. The zero-order valence-electron chi connectivity index (χ0n) is 9.75. The van der Waals surface area contributed by atoms with Crippen LogP contribution in [0.4, 0.5) is 0 Å². The fraction of sp³-hybridized carbons (Fsp3) is 0.615. The molecule has 2 atom stereocenters. The highest BCUT2D eigenvalue weighted by Crippen LogP contribution is 2.30. The van der Waals surface area contributed by atoms with Gasteiger partial charge in [0, 0.05) is 23.4 Å². The van der Waals surface area contributed by atoms with Gasteiger partial charge in [-0.3, -0.25) is 4.98 Å². The van der Waals surface area contributed by atoms with E-state index in [4.69, 9.17) is 0 Å². The van der Waals surface area contributed by atoms with Gasteiger partial charge < -0.3 is 5.32 Å². The third-order valence-electron chi connectivity index (χ3n) is 3.54. The summed E-state index contributed by atoms with van der Waals surface area (Å²) in [5.41, 5.74) is 1.25. The molecule has 0 aliphatic heterocycles. The lowest BCUT2D eigenvalue weighted by Crippen LogP contribution is -2.23. The normalized spacial score (nSPS) is 24.9. The van der Waals surface area contributed by atoms with E-state index in [0.29, 0.717) is 0 Å². The van der Waals surface area contributed by atoms with Gasteiger partial charge in [-0.2, -0.15) is 0 Å². The molecule has 0 radical (unpaired) electrons. The first kappa shape index (κ1) is 12.1. The highest BCUT2D eigenvalue weighted by Gasteiger charge is 2.22. The van der Waals surface area contributed by atoms with Gasteiger partial charge in [0.1, 0.15) is 0 Å². The minimum Gasteiger partial charge on any atom is -0.312 e. The Balaban J connectivity index is 1.75. The Hall–Kier alpha value is -0.410. The number of halogens is 1. The van der Waals surface area contributed by atoms with Gasteiger partial charge in [-0.1, -0.05) is 19.8 Å². The van der Waals surface area contributed by atoms with Gasteiger partial charge in [0.05, 0.1) is 0 Å². The van der Waals surface area contributed by atoms with Gasteiger partial charge in [-0.05, 0) is 52.4 Å². The van der Waals surface area contributed by atoms with Crippen molar-refractivity contribution in [1.29, 1.82) is 0 Å². The average Bonchev–Trinajstić information content (AvgIpc) is 2.65. The molecule has 1 aromatic rings. The molecule has 1 aromatic heterocycles. The predicted molar refractivity (Wildman–Crippen MR) is 70.1 cm³/mol. The SMILES string of the molecule is CC1CCCC1CNCc1cncc(Br)c1. The average molecular weight is 283 g/mol. The molecule has 3 heteroatoms. The third kappa shape index (κ3) is 3.29. The van der Waals surface area contributed by atoms with Gasteiger partial charge in [0.15, 0.2) is 0 Å². The molecule has 2 rings (SSSR count). The van der Waals surface area contributed by atoms with E-state index in [2.05, 4.69) is 39.2 Å². The van der Waals surface area contributed by atoms with Gasteiger partial charge in [-0.15, -0.1) is 0 Å². The van der Waals surface area contributed by atoms with Crippen molar-refractivity contribution in [3.8, 4) is 0 Å². The number of hydrogen-bond donors (Lipinski definition) is 1. The Bertz CT molecular complexity index is 340. The second kappa shape index (κ2) is 5.78. The van der Waals surface area contributed by atoms with Gasteiger partial charge >= 0.3 is 0 Å². The van der Waals surface area contributed by atoms with E-state index in [9.17, 15) is 0 Å². The summed E-state index contributed by atoms with van der Waals surface area (Å²) in [7, 11) is 0. The molecule has 1 fully saturated rings. The summed E-state index contributed by atoms with van der Waals surface area (Å²) in [6, 6.07) is 2.12. The maximum Gasteiger partial charge on any atom is 0.0410 e. The Labute approximate surface area is 106 Å². The highest BCUT2D eigenvalue weighted by molar-refractivity contribution is 9.10. The van der Waals surface area contributed by atoms with E-state index in [0.717, 1.165) is 29.4 Å². The molecule has 88 valence electrons. The van der Waals surface area contributed by atoms with E-state index in [1.807, 2.05) is 12.4 Å². The Morgan fingerprint density at radius 2 is 2.31 bits per heavy atom. The largest absolute Gasteiger partial charge is 0.312 e. The quantitative estimate of drug-likeness (QED) is 0.916. The van der Waals surface area contributed by atoms with Crippen LogP contribution in [0.1, 0.15) is 31.7 Å². The summed E-state index contributed by atoms with van der Waals surface area (Å²) in [6.07, 6.45) is 7.96. The van der Waals surface area contributed by atoms with Crippen molar-refractivity contribution in [3.05, 3.63) is 28.5 Å². The molecule has 0 saturated heterocycles. The molecule has 1 N–H and O–H groups in total. The molecular formula is C13H19BrN2. The first-order chi connectivity index (χ1) is 7.75. The molecule has 1 aliphatic rings. The third-order valence-corrected chi connectivity index (χ3v) is 3.97. The molecule has 0 aromatic carbocycles. The van der Waals surface area contributed by atoms with Crippen LogP contribution in [0, 0.1) is 11.8 Å². The maximum absolute atomic E-state index is 4.16. The van der Waals surface area contributed by atoms with Crippen molar-refractivity contribution < 1.29 is 0 Å². The van der Waals surface area contributed by atoms with E-state index in [1.54, 1.807) is 0 Å². The van der Waals surface area contributed by atoms with Crippen LogP contribution in [0.3, 0.4) is 0 Å². The number of pyridine rings is 1. The fourth-order valence-corrected chi connectivity index (χ4v) is 2.89. The number of hydrogen-bond acceptors (Lipinski definition) is 2. The van der Waals surface area contributed by atoms with E-state index >= 15 is 0 Å². The van der Waals surface area contributed by atoms with E-state index < -0.39 is 0 Å². The summed E-state index contributed by atoms with van der Waals surface area (Å²) >= 11 is 3.44. The lowest BCUT2D eigenvalue weighted by Gasteiger charge is -2.15. The van der Waals surface area contributed by atoms with Crippen LogP contribution in [0.15, 0.2) is 22.9 Å². The maximum atomic E-state index is 4.16. The second-order valence-electron chi connectivity index (χ2n) is 4.81. The first-order valence-electron chi connectivity index (χ1n) is 6.06. The standard InChI is InChI=1S/C13H19BrN2/c1-10-3-2-4-12(10)8-15-6-11-5-13(14)9-16-7-11/h5,7,9-10,12,15H,2-4,6,8H2,1H3. The molecular weight excluding hydrogens is 264 g/mol. The van der Waals surface area contributed by atoms with Gasteiger partial charge in [0.2, 0.25) is 0 Å². The molecule has 1 heterocycles. The van der Waals surface area contributed by atoms with Crippen molar-refractivity contribution >= 4 is 15.9 Å². The molecule has 1 aliphatic carbocycles. The second-order valence-corrected chi connectivity index (χ2v) is 5.73. The van der Waals surface area contributed by atoms with Crippen LogP contribution in [0.25, 0.3) is 0 Å². The van der Waals surface area contributed by atoms with Crippen molar-refractivity contribution in [1.82, 2.24) is 10.3 Å². The zero-order valence-corrected chi connectivity index (χ0v) is 11.3. The first-order valence-corrected chi connectivity index (χ1v) is 6.85.